The SMILES string of the molecule is CC(Cc1cccc(Cl)c1)NS(=O)(=O)CCC(=O)O. The molecule has 0 saturated carbocycles. The van der Waals surface area contributed by atoms with E-state index in [1.54, 1.807) is 25.1 Å². The number of nitrogens with one attached hydrogen (secondary N) is 1. The molecule has 0 heterocycles. The Morgan fingerprint density at radius 1 is 1.47 bits per heavy atom. The molecule has 0 amide bonds. The Morgan fingerprint density at radius 2 is 2.16 bits per heavy atom. The van der Waals surface area contributed by atoms with Crippen molar-refractivity contribution in [1.29, 1.82) is 0 Å². The van der Waals surface area contributed by atoms with Gasteiger partial charge in [0.15, 0.2) is 0 Å². The van der Waals surface area contributed by atoms with Crippen molar-refractivity contribution in [2.75, 3.05) is 5.75 Å². The van der Waals surface area contributed by atoms with Crippen molar-refractivity contribution in [3.63, 3.8) is 0 Å². The molecule has 1 rings (SSSR count). The number of carboxylic acids is 1. The van der Waals surface area contributed by atoms with Crippen molar-refractivity contribution in [2.45, 2.75) is 25.8 Å². The van der Waals surface area contributed by atoms with Gasteiger partial charge in [0, 0.05) is 11.1 Å². The Bertz CT molecular complexity index is 544. The van der Waals surface area contributed by atoms with Crippen LogP contribution >= 0.6 is 11.6 Å². The third-order valence-corrected chi connectivity index (χ3v) is 4.13. The average Bonchev–Trinajstić information content (AvgIpc) is 2.25. The van der Waals surface area contributed by atoms with Gasteiger partial charge in [0.2, 0.25) is 10.0 Å². The molecule has 1 unspecified atom stereocenters. The van der Waals surface area contributed by atoms with Crippen LogP contribution in [0, 0.1) is 0 Å². The predicted octanol–water partition coefficient (Wildman–Crippen LogP) is 1.67. The largest absolute Gasteiger partial charge is 0.481 e. The summed E-state index contributed by atoms with van der Waals surface area (Å²) in [5.74, 6) is -1.55. The fourth-order valence-corrected chi connectivity index (χ4v) is 3.12. The monoisotopic (exact) mass is 305 g/mol. The maximum Gasteiger partial charge on any atom is 0.304 e. The zero-order valence-electron chi connectivity index (χ0n) is 10.5. The third kappa shape index (κ3) is 6.56. The fourth-order valence-electron chi connectivity index (χ4n) is 1.65. The number of carboxylic acid groups (broad SMARTS) is 1. The highest BCUT2D eigenvalue weighted by Crippen LogP contribution is 2.12. The van der Waals surface area contributed by atoms with Crippen molar-refractivity contribution in [3.05, 3.63) is 34.9 Å². The number of aliphatic carboxylic acids is 1. The topological polar surface area (TPSA) is 83.5 Å². The average molecular weight is 306 g/mol. The van der Waals surface area contributed by atoms with E-state index in [-0.39, 0.29) is 6.04 Å². The maximum absolute atomic E-state index is 11.6. The van der Waals surface area contributed by atoms with E-state index in [2.05, 4.69) is 4.72 Å². The lowest BCUT2D eigenvalue weighted by molar-refractivity contribution is -0.136. The molecule has 19 heavy (non-hydrogen) atoms. The Labute approximate surface area is 117 Å². The molecule has 0 bridgehead atoms. The second-order valence-corrected chi connectivity index (χ2v) is 6.63. The summed E-state index contributed by atoms with van der Waals surface area (Å²) in [5.41, 5.74) is 0.918. The molecule has 0 fully saturated rings. The number of halogens is 1. The smallest absolute Gasteiger partial charge is 0.304 e. The van der Waals surface area contributed by atoms with E-state index in [9.17, 15) is 13.2 Å². The molecular formula is C12H16ClNO4S. The van der Waals surface area contributed by atoms with Gasteiger partial charge in [0.1, 0.15) is 0 Å². The molecule has 0 radical (unpaired) electrons. The molecule has 5 nitrogen and oxygen atoms in total. The molecular weight excluding hydrogens is 290 g/mol. The van der Waals surface area contributed by atoms with E-state index in [0.717, 1.165) is 5.56 Å². The predicted molar refractivity (Wildman–Crippen MR) is 73.8 cm³/mol. The molecule has 0 aliphatic heterocycles. The van der Waals surface area contributed by atoms with Crippen LogP contribution in [0.4, 0.5) is 0 Å². The van der Waals surface area contributed by atoms with Crippen molar-refractivity contribution in [2.24, 2.45) is 0 Å². The fraction of sp³-hybridized carbons (Fsp3) is 0.417. The normalized spacial score (nSPS) is 13.2. The van der Waals surface area contributed by atoms with Gasteiger partial charge in [-0.25, -0.2) is 13.1 Å². The van der Waals surface area contributed by atoms with Crippen LogP contribution < -0.4 is 4.72 Å². The van der Waals surface area contributed by atoms with Gasteiger partial charge in [-0.2, -0.15) is 0 Å². The van der Waals surface area contributed by atoms with Crippen molar-refractivity contribution >= 4 is 27.6 Å². The van der Waals surface area contributed by atoms with Crippen molar-refractivity contribution < 1.29 is 18.3 Å². The summed E-state index contributed by atoms with van der Waals surface area (Å²) in [6.45, 7) is 1.72. The van der Waals surface area contributed by atoms with Crippen LogP contribution in [-0.2, 0) is 21.2 Å². The second-order valence-electron chi connectivity index (χ2n) is 4.32. The van der Waals surface area contributed by atoms with Gasteiger partial charge >= 0.3 is 5.97 Å². The summed E-state index contributed by atoms with van der Waals surface area (Å²) in [6, 6.07) is 6.84. The third-order valence-electron chi connectivity index (χ3n) is 2.40. The van der Waals surface area contributed by atoms with E-state index in [0.29, 0.717) is 11.4 Å². The van der Waals surface area contributed by atoms with Crippen molar-refractivity contribution in [1.82, 2.24) is 4.72 Å². The van der Waals surface area contributed by atoms with E-state index >= 15 is 0 Å². The summed E-state index contributed by atoms with van der Waals surface area (Å²) >= 11 is 5.84. The number of rotatable bonds is 7. The zero-order chi connectivity index (χ0) is 14.5. The number of hydrogen-bond acceptors (Lipinski definition) is 3. The van der Waals surface area contributed by atoms with Gasteiger partial charge in [-0.1, -0.05) is 23.7 Å². The van der Waals surface area contributed by atoms with E-state index in [1.165, 1.54) is 0 Å². The summed E-state index contributed by atoms with van der Waals surface area (Å²) in [7, 11) is -3.57. The molecule has 1 atom stereocenters. The summed E-state index contributed by atoms with van der Waals surface area (Å²) in [4.78, 5) is 10.4. The van der Waals surface area contributed by atoms with Crippen LogP contribution in [0.1, 0.15) is 18.9 Å². The molecule has 1 aromatic rings. The molecule has 0 saturated heterocycles. The van der Waals surface area contributed by atoms with Gasteiger partial charge < -0.3 is 5.11 Å². The number of sulfonamides is 1. The van der Waals surface area contributed by atoms with E-state index < -0.39 is 28.2 Å². The van der Waals surface area contributed by atoms with E-state index in [1.807, 2.05) is 6.07 Å². The number of benzene rings is 1. The van der Waals surface area contributed by atoms with Crippen LogP contribution in [0.3, 0.4) is 0 Å². The van der Waals surface area contributed by atoms with Gasteiger partial charge in [-0.15, -0.1) is 0 Å². The van der Waals surface area contributed by atoms with Crippen LogP contribution in [0.2, 0.25) is 5.02 Å². The highest BCUT2D eigenvalue weighted by atomic mass is 35.5. The molecule has 0 aliphatic rings. The molecule has 1 aromatic carbocycles. The van der Waals surface area contributed by atoms with Crippen LogP contribution in [0.15, 0.2) is 24.3 Å². The summed E-state index contributed by atoms with van der Waals surface area (Å²) in [6.07, 6.45) is 0.0894. The summed E-state index contributed by atoms with van der Waals surface area (Å²) in [5, 5.41) is 9.07. The minimum atomic E-state index is -3.57. The first kappa shape index (κ1) is 15.9. The number of carbonyl (C=O) groups is 1. The minimum Gasteiger partial charge on any atom is -0.481 e. The van der Waals surface area contributed by atoms with Gasteiger partial charge in [0.25, 0.3) is 0 Å². The van der Waals surface area contributed by atoms with Crippen LogP contribution in [0.5, 0.6) is 0 Å². The van der Waals surface area contributed by atoms with E-state index in [4.69, 9.17) is 16.7 Å². The molecule has 106 valence electrons. The first-order valence-electron chi connectivity index (χ1n) is 5.75. The molecule has 7 heteroatoms. The minimum absolute atomic E-state index is 0.322. The lowest BCUT2D eigenvalue weighted by Crippen LogP contribution is -2.36. The highest BCUT2D eigenvalue weighted by Gasteiger charge is 2.16. The first-order valence-corrected chi connectivity index (χ1v) is 7.78. The Hall–Kier alpha value is -1.11. The van der Waals surface area contributed by atoms with Gasteiger partial charge in [-0.3, -0.25) is 4.79 Å². The highest BCUT2D eigenvalue weighted by molar-refractivity contribution is 7.89. The summed E-state index contributed by atoms with van der Waals surface area (Å²) < 4.78 is 25.6. The molecule has 0 aliphatic carbocycles. The Balaban J connectivity index is 2.55. The van der Waals surface area contributed by atoms with Crippen LogP contribution in [0.25, 0.3) is 0 Å². The van der Waals surface area contributed by atoms with Gasteiger partial charge in [-0.05, 0) is 31.0 Å². The Kier molecular flexibility index (Phi) is 5.78. The molecule has 0 spiro atoms. The second kappa shape index (κ2) is 6.88. The Morgan fingerprint density at radius 3 is 2.74 bits per heavy atom. The molecule has 2 N–H and O–H groups in total. The van der Waals surface area contributed by atoms with Gasteiger partial charge in [0.05, 0.1) is 12.2 Å². The first-order chi connectivity index (χ1) is 8.78. The maximum atomic E-state index is 11.6. The lowest BCUT2D eigenvalue weighted by atomic mass is 10.1. The van der Waals surface area contributed by atoms with Crippen LogP contribution in [-0.4, -0.2) is 31.3 Å². The molecule has 0 aromatic heterocycles. The quantitative estimate of drug-likeness (QED) is 0.802. The van der Waals surface area contributed by atoms with Crippen molar-refractivity contribution in [3.8, 4) is 0 Å². The number of hydrogen-bond donors (Lipinski definition) is 2. The lowest BCUT2D eigenvalue weighted by Gasteiger charge is -2.14. The standard InChI is InChI=1S/C12H16ClNO4S/c1-9(7-10-3-2-4-11(13)8-10)14-19(17,18)6-5-12(15)16/h2-4,8-9,14H,5-7H2,1H3,(H,15,16). The zero-order valence-corrected chi connectivity index (χ0v) is 12.0.